The lowest BCUT2D eigenvalue weighted by Crippen LogP contribution is -2.49. The summed E-state index contributed by atoms with van der Waals surface area (Å²) in [5, 5.41) is 8.89. The summed E-state index contributed by atoms with van der Waals surface area (Å²) in [6.07, 6.45) is 8.39. The molecule has 6 heteroatoms. The summed E-state index contributed by atoms with van der Waals surface area (Å²) in [4.78, 5) is 15.2. The number of hydrogen-bond donors (Lipinski definition) is 1. The maximum Gasteiger partial charge on any atom is 0.221 e. The standard InChI is InChI=1S/C23H34N4O2/c1-19-6-5-7-21-20(19)16-25-27(21)13-8-22(28)24-17-23(9-14-29-15-10-23)18-26-11-3-2-4-12-26/h5-7,16H,2-4,8-15,17-18H2,1H3,(H,24,28). The fourth-order valence-corrected chi connectivity index (χ4v) is 4.79. The molecule has 2 aromatic rings. The number of piperidine rings is 1. The van der Waals surface area contributed by atoms with Crippen LogP contribution in [0.25, 0.3) is 10.9 Å². The van der Waals surface area contributed by atoms with Gasteiger partial charge in [0, 0.05) is 43.5 Å². The summed E-state index contributed by atoms with van der Waals surface area (Å²) in [6, 6.07) is 6.21. The Kier molecular flexibility index (Phi) is 6.50. The van der Waals surface area contributed by atoms with Crippen LogP contribution in [0.3, 0.4) is 0 Å². The van der Waals surface area contributed by atoms with Crippen LogP contribution in [0.15, 0.2) is 24.4 Å². The van der Waals surface area contributed by atoms with Gasteiger partial charge in [0.2, 0.25) is 5.91 Å². The average Bonchev–Trinajstić information content (AvgIpc) is 3.17. The third-order valence-electron chi connectivity index (χ3n) is 6.68. The van der Waals surface area contributed by atoms with Gasteiger partial charge in [-0.05, 0) is 57.3 Å². The van der Waals surface area contributed by atoms with Crippen LogP contribution in [0, 0.1) is 12.3 Å². The minimum Gasteiger partial charge on any atom is -0.381 e. The third kappa shape index (κ3) is 4.98. The van der Waals surface area contributed by atoms with E-state index in [1.165, 1.54) is 37.9 Å². The number of aromatic nitrogens is 2. The monoisotopic (exact) mass is 398 g/mol. The Balaban J connectivity index is 1.32. The molecule has 2 saturated heterocycles. The summed E-state index contributed by atoms with van der Waals surface area (Å²) in [7, 11) is 0. The highest BCUT2D eigenvalue weighted by atomic mass is 16.5. The third-order valence-corrected chi connectivity index (χ3v) is 6.68. The van der Waals surface area contributed by atoms with E-state index < -0.39 is 0 Å². The van der Waals surface area contributed by atoms with Crippen molar-refractivity contribution in [2.45, 2.75) is 52.0 Å². The van der Waals surface area contributed by atoms with Crippen molar-refractivity contribution in [3.05, 3.63) is 30.0 Å². The van der Waals surface area contributed by atoms with Crippen molar-refractivity contribution in [2.75, 3.05) is 39.4 Å². The smallest absolute Gasteiger partial charge is 0.221 e. The summed E-state index contributed by atoms with van der Waals surface area (Å²) >= 11 is 0. The van der Waals surface area contributed by atoms with Crippen molar-refractivity contribution in [2.24, 2.45) is 5.41 Å². The molecule has 6 nitrogen and oxygen atoms in total. The van der Waals surface area contributed by atoms with Crippen molar-refractivity contribution < 1.29 is 9.53 Å². The van der Waals surface area contributed by atoms with Gasteiger partial charge >= 0.3 is 0 Å². The Morgan fingerprint density at radius 3 is 2.79 bits per heavy atom. The van der Waals surface area contributed by atoms with Crippen molar-refractivity contribution in [1.29, 1.82) is 0 Å². The minimum absolute atomic E-state index is 0.116. The Bertz CT molecular complexity index is 819. The molecule has 0 bridgehead atoms. The molecule has 2 aliphatic heterocycles. The van der Waals surface area contributed by atoms with Crippen LogP contribution in [-0.4, -0.2) is 60.0 Å². The zero-order chi connectivity index (χ0) is 20.1. The first-order chi connectivity index (χ1) is 14.2. The van der Waals surface area contributed by atoms with Gasteiger partial charge in [0.15, 0.2) is 0 Å². The fourth-order valence-electron chi connectivity index (χ4n) is 4.79. The number of hydrogen-bond acceptors (Lipinski definition) is 4. The van der Waals surface area contributed by atoms with Gasteiger partial charge in [0.05, 0.1) is 18.3 Å². The van der Waals surface area contributed by atoms with E-state index in [1.54, 1.807) is 0 Å². The molecule has 0 radical (unpaired) electrons. The molecule has 3 heterocycles. The summed E-state index contributed by atoms with van der Waals surface area (Å²) in [6.45, 7) is 8.55. The fraction of sp³-hybridized carbons (Fsp3) is 0.652. The molecular weight excluding hydrogens is 364 g/mol. The average molecular weight is 399 g/mol. The summed E-state index contributed by atoms with van der Waals surface area (Å²) < 4.78 is 7.57. The van der Waals surface area contributed by atoms with Gasteiger partial charge < -0.3 is 15.0 Å². The van der Waals surface area contributed by atoms with Crippen LogP contribution in [0.5, 0.6) is 0 Å². The number of carbonyl (C=O) groups is 1. The largest absolute Gasteiger partial charge is 0.381 e. The Morgan fingerprint density at radius 2 is 2.00 bits per heavy atom. The number of fused-ring (bicyclic) bond motifs is 1. The van der Waals surface area contributed by atoms with Crippen molar-refractivity contribution in [3.63, 3.8) is 0 Å². The number of aryl methyl sites for hydroxylation is 2. The lowest BCUT2D eigenvalue weighted by Gasteiger charge is -2.42. The molecule has 0 atom stereocenters. The van der Waals surface area contributed by atoms with E-state index >= 15 is 0 Å². The van der Waals surface area contributed by atoms with Gasteiger partial charge in [-0.1, -0.05) is 18.6 Å². The van der Waals surface area contributed by atoms with Crippen LogP contribution < -0.4 is 5.32 Å². The molecule has 2 fully saturated rings. The first-order valence-corrected chi connectivity index (χ1v) is 11.1. The van der Waals surface area contributed by atoms with E-state index in [9.17, 15) is 4.79 Å². The predicted octanol–water partition coefficient (Wildman–Crippen LogP) is 3.13. The first kappa shape index (κ1) is 20.4. The van der Waals surface area contributed by atoms with Crippen molar-refractivity contribution >= 4 is 16.8 Å². The highest BCUT2D eigenvalue weighted by Gasteiger charge is 2.35. The number of benzene rings is 1. The Labute approximate surface area is 173 Å². The number of rotatable bonds is 7. The van der Waals surface area contributed by atoms with Crippen molar-refractivity contribution in [3.8, 4) is 0 Å². The molecule has 0 spiro atoms. The van der Waals surface area contributed by atoms with Crippen LogP contribution in [-0.2, 0) is 16.1 Å². The highest BCUT2D eigenvalue weighted by molar-refractivity contribution is 5.82. The van der Waals surface area contributed by atoms with Crippen LogP contribution in [0.4, 0.5) is 0 Å². The molecule has 1 amide bonds. The lowest BCUT2D eigenvalue weighted by molar-refractivity contribution is -0.122. The second-order valence-electron chi connectivity index (χ2n) is 8.85. The zero-order valence-corrected chi connectivity index (χ0v) is 17.7. The Hall–Kier alpha value is -1.92. The number of amides is 1. The lowest BCUT2D eigenvalue weighted by atomic mass is 9.79. The van der Waals surface area contributed by atoms with Crippen LogP contribution in [0.2, 0.25) is 0 Å². The highest BCUT2D eigenvalue weighted by Crippen LogP contribution is 2.32. The molecule has 0 saturated carbocycles. The zero-order valence-electron chi connectivity index (χ0n) is 17.7. The van der Waals surface area contributed by atoms with Crippen LogP contribution >= 0.6 is 0 Å². The maximum atomic E-state index is 12.6. The van der Waals surface area contributed by atoms with E-state index in [0.717, 1.165) is 50.0 Å². The molecule has 29 heavy (non-hydrogen) atoms. The topological polar surface area (TPSA) is 59.4 Å². The number of nitrogens with zero attached hydrogens (tertiary/aromatic N) is 3. The molecule has 1 N–H and O–H groups in total. The predicted molar refractivity (Wildman–Crippen MR) is 115 cm³/mol. The second kappa shape index (κ2) is 9.26. The summed E-state index contributed by atoms with van der Waals surface area (Å²) in [5.74, 6) is 0.116. The van der Waals surface area contributed by atoms with E-state index in [4.69, 9.17) is 4.74 Å². The number of carbonyl (C=O) groups excluding carboxylic acids is 1. The molecular formula is C23H34N4O2. The van der Waals surface area contributed by atoms with Gasteiger partial charge in [-0.2, -0.15) is 5.10 Å². The van der Waals surface area contributed by atoms with Crippen molar-refractivity contribution in [1.82, 2.24) is 20.0 Å². The quantitative estimate of drug-likeness (QED) is 0.778. The minimum atomic E-state index is 0.116. The molecule has 158 valence electrons. The molecule has 0 unspecified atom stereocenters. The molecule has 1 aromatic heterocycles. The van der Waals surface area contributed by atoms with Gasteiger partial charge in [0.1, 0.15) is 0 Å². The summed E-state index contributed by atoms with van der Waals surface area (Å²) in [5.41, 5.74) is 2.47. The van der Waals surface area contributed by atoms with Gasteiger partial charge in [-0.3, -0.25) is 9.48 Å². The van der Waals surface area contributed by atoms with E-state index in [-0.39, 0.29) is 11.3 Å². The van der Waals surface area contributed by atoms with Gasteiger partial charge in [0.25, 0.3) is 0 Å². The number of nitrogens with one attached hydrogen (secondary N) is 1. The second-order valence-corrected chi connectivity index (χ2v) is 8.85. The SMILES string of the molecule is Cc1cccc2c1cnn2CCC(=O)NCC1(CN2CCCCC2)CCOCC1. The number of likely N-dealkylation sites (tertiary alicyclic amines) is 1. The molecule has 4 rings (SSSR count). The molecule has 0 aliphatic carbocycles. The molecule has 2 aliphatic rings. The Morgan fingerprint density at radius 1 is 1.21 bits per heavy atom. The van der Waals surface area contributed by atoms with E-state index in [0.29, 0.717) is 13.0 Å². The van der Waals surface area contributed by atoms with Gasteiger partial charge in [-0.15, -0.1) is 0 Å². The maximum absolute atomic E-state index is 12.6. The van der Waals surface area contributed by atoms with E-state index in [1.807, 2.05) is 16.9 Å². The van der Waals surface area contributed by atoms with Crippen LogP contribution in [0.1, 0.15) is 44.1 Å². The number of ether oxygens (including phenoxy) is 1. The normalized spacial score (nSPS) is 20.0. The van der Waals surface area contributed by atoms with E-state index in [2.05, 4.69) is 34.4 Å². The first-order valence-electron chi connectivity index (χ1n) is 11.1. The molecule has 1 aromatic carbocycles. The van der Waals surface area contributed by atoms with Gasteiger partial charge in [-0.25, -0.2) is 0 Å².